The zero-order chi connectivity index (χ0) is 40.6. The Hall–Kier alpha value is -4.12. The van der Waals surface area contributed by atoms with Gasteiger partial charge in [-0.3, -0.25) is 4.90 Å². The Morgan fingerprint density at radius 1 is 0.965 bits per heavy atom. The predicted molar refractivity (Wildman–Crippen MR) is 222 cm³/mol. The average Bonchev–Trinajstić information content (AvgIpc) is 3.81. The van der Waals surface area contributed by atoms with Crippen molar-refractivity contribution >= 4 is 41.3 Å². The van der Waals surface area contributed by atoms with Gasteiger partial charge >= 0.3 is 6.01 Å². The van der Waals surface area contributed by atoms with Gasteiger partial charge in [0.15, 0.2) is 17.4 Å². The summed E-state index contributed by atoms with van der Waals surface area (Å²) in [6.45, 7) is 15.4. The quantitative estimate of drug-likeness (QED) is 0.0752. The summed E-state index contributed by atoms with van der Waals surface area (Å²) in [4.78, 5) is 13.6. The van der Waals surface area contributed by atoms with Gasteiger partial charge in [0.2, 0.25) is 0 Å². The molecular weight excluding hydrogens is 749 g/mol. The molecule has 304 valence electrons. The first kappa shape index (κ1) is 39.7. The molecule has 0 saturated carbocycles. The van der Waals surface area contributed by atoms with Crippen LogP contribution >= 0.6 is 0 Å². The van der Waals surface area contributed by atoms with Gasteiger partial charge in [0, 0.05) is 49.2 Å². The number of halogens is 4. The molecule has 0 aliphatic carbocycles. The zero-order valence-corrected chi connectivity index (χ0v) is 35.0. The van der Waals surface area contributed by atoms with Gasteiger partial charge in [-0.2, -0.15) is 9.97 Å². The van der Waals surface area contributed by atoms with Crippen LogP contribution in [-0.4, -0.2) is 86.6 Å². The van der Waals surface area contributed by atoms with Crippen LogP contribution in [0.25, 0.3) is 32.8 Å². The number of nitrogens with two attached hydrogens (primary N) is 1. The molecule has 4 aromatic rings. The molecule has 0 spiro atoms. The van der Waals surface area contributed by atoms with Gasteiger partial charge in [-0.05, 0) is 78.0 Å². The lowest BCUT2D eigenvalue weighted by atomic mass is 9.92. The summed E-state index contributed by atoms with van der Waals surface area (Å²) in [5.74, 6) is 0.754. The lowest BCUT2D eigenvalue weighted by Gasteiger charge is -2.38. The number of aromatic nitrogens is 2. The first-order valence-corrected chi connectivity index (χ1v) is 22.8. The minimum atomic E-state index is -2.35. The number of nitrogens with one attached hydrogen (secondary N) is 1. The standard InChI is InChI=1S/C44H54F4N6O2Si/c1-24(2)57(25(3)4,26(5)6)16-13-32-34(46)12-9-27-17-29(49)18-33(35(27)32)36-38(47)40-37(41(55-7)39(36)48)42(53-21-30-10-11-31(22-53)50-30)52-43(51-40)56-23-44-14-8-15-54(44)20-28(45)19-44/h9,12,17-18,24-26,28,30-31,50H,8,10-11,14-15,19-23,49H2,1-7H3/t28-,30?,31?,44+/m1/s1. The highest BCUT2D eigenvalue weighted by atomic mass is 28.3. The molecule has 2 unspecified atom stereocenters. The predicted octanol–water partition coefficient (Wildman–Crippen LogP) is 8.92. The summed E-state index contributed by atoms with van der Waals surface area (Å²) in [5.41, 5.74) is 10.0. The number of nitrogen functional groups attached to an aromatic ring is 1. The number of nitrogens with zero attached hydrogens (tertiary/aromatic N) is 4. The van der Waals surface area contributed by atoms with Crippen molar-refractivity contribution in [3.05, 3.63) is 47.3 Å². The summed E-state index contributed by atoms with van der Waals surface area (Å²) < 4.78 is 78.2. The second-order valence-corrected chi connectivity index (χ2v) is 23.3. The molecule has 4 saturated heterocycles. The van der Waals surface area contributed by atoms with E-state index in [1.165, 1.54) is 19.2 Å². The van der Waals surface area contributed by atoms with Gasteiger partial charge in [0.1, 0.15) is 38.0 Å². The van der Waals surface area contributed by atoms with Crippen LogP contribution in [0.3, 0.4) is 0 Å². The van der Waals surface area contributed by atoms with E-state index >= 15 is 13.2 Å². The van der Waals surface area contributed by atoms with Gasteiger partial charge in [0.25, 0.3) is 0 Å². The van der Waals surface area contributed by atoms with E-state index in [-0.39, 0.29) is 80.2 Å². The molecule has 0 amide bonds. The summed E-state index contributed by atoms with van der Waals surface area (Å²) in [6, 6.07) is 6.30. The minimum Gasteiger partial charge on any atom is -0.493 e. The second kappa shape index (κ2) is 14.9. The average molecular weight is 803 g/mol. The van der Waals surface area contributed by atoms with Crippen LogP contribution in [0.4, 0.5) is 29.1 Å². The van der Waals surface area contributed by atoms with Crippen molar-refractivity contribution in [1.29, 1.82) is 0 Å². The van der Waals surface area contributed by atoms with E-state index in [2.05, 4.69) is 68.2 Å². The summed E-state index contributed by atoms with van der Waals surface area (Å²) in [6.07, 6.45) is 3.02. The van der Waals surface area contributed by atoms with E-state index in [1.807, 2.05) is 4.90 Å². The highest BCUT2D eigenvalue weighted by Gasteiger charge is 2.49. The number of rotatable bonds is 9. The van der Waals surface area contributed by atoms with Gasteiger partial charge < -0.3 is 25.4 Å². The third-order valence-corrected chi connectivity index (χ3v) is 19.8. The maximum atomic E-state index is 17.7. The number of alkyl halides is 1. The number of hydrogen-bond donors (Lipinski definition) is 2. The van der Waals surface area contributed by atoms with Crippen LogP contribution in [0.15, 0.2) is 24.3 Å². The first-order chi connectivity index (χ1) is 27.2. The van der Waals surface area contributed by atoms with Crippen molar-refractivity contribution in [3.8, 4) is 34.4 Å². The molecule has 3 N–H and O–H groups in total. The summed E-state index contributed by atoms with van der Waals surface area (Å²) in [7, 11) is -1.02. The number of fused-ring (bicyclic) bond motifs is 5. The SMILES string of the molecule is COc1c(F)c(-c2cc(N)cc3ccc(F)c(C#C[Si](C(C)C)(C(C)C)C(C)C)c23)c(F)c2nc(OC[C@@]34CCCN3C[C@H](F)C4)nc(N3CC4CCC(C3)N4)c12. The normalized spacial score (nSPS) is 23.6. The Labute approximate surface area is 333 Å². The van der Waals surface area contributed by atoms with Gasteiger partial charge in [-0.15, -0.1) is 5.54 Å². The third-order valence-electron chi connectivity index (χ3n) is 13.5. The third kappa shape index (κ3) is 6.60. The molecular formula is C44H54F4N6O2Si. The monoisotopic (exact) mass is 802 g/mol. The van der Waals surface area contributed by atoms with Crippen molar-refractivity contribution in [3.63, 3.8) is 0 Å². The van der Waals surface area contributed by atoms with Crippen LogP contribution in [0.5, 0.6) is 11.8 Å². The first-order valence-electron chi connectivity index (χ1n) is 20.5. The number of piperazine rings is 1. The minimum absolute atomic E-state index is 0.0400. The van der Waals surface area contributed by atoms with E-state index in [4.69, 9.17) is 20.2 Å². The number of anilines is 2. The Morgan fingerprint density at radius 3 is 2.33 bits per heavy atom. The van der Waals surface area contributed by atoms with Gasteiger partial charge in [0.05, 0.1) is 29.2 Å². The zero-order valence-electron chi connectivity index (χ0n) is 34.0. The fourth-order valence-electron chi connectivity index (χ4n) is 11.0. The smallest absolute Gasteiger partial charge is 0.319 e. The lowest BCUT2D eigenvalue weighted by molar-refractivity contribution is 0.107. The largest absolute Gasteiger partial charge is 0.493 e. The summed E-state index contributed by atoms with van der Waals surface area (Å²) >= 11 is 0. The van der Waals surface area contributed by atoms with Crippen molar-refractivity contribution < 1.29 is 27.0 Å². The summed E-state index contributed by atoms with van der Waals surface area (Å²) in [5, 5.41) is 4.43. The second-order valence-electron chi connectivity index (χ2n) is 17.7. The number of benzene rings is 3. The molecule has 1 aromatic heterocycles. The topological polar surface area (TPSA) is 88.8 Å². The van der Waals surface area contributed by atoms with Crippen molar-refractivity contribution in [2.75, 3.05) is 50.5 Å². The molecule has 5 heterocycles. The van der Waals surface area contributed by atoms with E-state index in [0.29, 0.717) is 37.3 Å². The molecule has 13 heteroatoms. The van der Waals surface area contributed by atoms with Gasteiger partial charge in [-0.1, -0.05) is 53.5 Å². The molecule has 8 rings (SSSR count). The van der Waals surface area contributed by atoms with E-state index in [9.17, 15) is 4.39 Å². The van der Waals surface area contributed by atoms with Gasteiger partial charge in [-0.25, -0.2) is 17.6 Å². The van der Waals surface area contributed by atoms with E-state index in [0.717, 1.165) is 32.2 Å². The van der Waals surface area contributed by atoms with Crippen molar-refractivity contribution in [2.45, 2.75) is 114 Å². The Morgan fingerprint density at radius 2 is 1.67 bits per heavy atom. The highest BCUT2D eigenvalue weighted by Crippen LogP contribution is 2.47. The maximum Gasteiger partial charge on any atom is 0.319 e. The number of methoxy groups -OCH3 is 1. The molecule has 4 aliphatic heterocycles. The Balaban J connectivity index is 1.36. The molecule has 8 nitrogen and oxygen atoms in total. The molecule has 4 aliphatic rings. The van der Waals surface area contributed by atoms with Crippen LogP contribution < -0.4 is 25.4 Å². The van der Waals surface area contributed by atoms with Crippen molar-refractivity contribution in [1.82, 2.24) is 20.2 Å². The van der Waals surface area contributed by atoms with Crippen LogP contribution in [0.2, 0.25) is 16.6 Å². The molecule has 2 bridgehead atoms. The van der Waals surface area contributed by atoms with E-state index in [1.54, 1.807) is 12.1 Å². The lowest BCUT2D eigenvalue weighted by Crippen LogP contribution is -2.51. The van der Waals surface area contributed by atoms with Crippen LogP contribution in [0.1, 0.15) is 79.2 Å². The molecule has 57 heavy (non-hydrogen) atoms. The number of ether oxygens (including phenoxy) is 2. The molecule has 4 atom stereocenters. The fraction of sp³-hybridized carbons (Fsp3) is 0.545. The van der Waals surface area contributed by atoms with Crippen LogP contribution in [0, 0.1) is 28.9 Å². The molecule has 3 aromatic carbocycles. The molecule has 4 fully saturated rings. The van der Waals surface area contributed by atoms with Crippen LogP contribution in [-0.2, 0) is 0 Å². The van der Waals surface area contributed by atoms with Crippen molar-refractivity contribution in [2.24, 2.45) is 0 Å². The molecule has 0 radical (unpaired) electrons. The fourth-order valence-corrected chi connectivity index (χ4v) is 16.2. The Kier molecular flexibility index (Phi) is 10.4. The number of hydrogen-bond acceptors (Lipinski definition) is 8. The highest BCUT2D eigenvalue weighted by molar-refractivity contribution is 6.90. The Bertz CT molecular complexity index is 2260. The van der Waals surface area contributed by atoms with E-state index < -0.39 is 42.8 Å². The maximum absolute atomic E-state index is 17.7.